The minimum absolute atomic E-state index is 0. The molecule has 2 fully saturated rings. The zero-order chi connectivity index (χ0) is 13.3. The molecule has 3 atom stereocenters. The predicted octanol–water partition coefficient (Wildman–Crippen LogP) is -0.569. The van der Waals surface area contributed by atoms with Crippen LogP contribution in [0.5, 0.6) is 0 Å². The summed E-state index contributed by atoms with van der Waals surface area (Å²) < 4.78 is 28.7. The highest BCUT2D eigenvalue weighted by Gasteiger charge is 2.37. The van der Waals surface area contributed by atoms with E-state index in [2.05, 4.69) is 5.32 Å². The van der Waals surface area contributed by atoms with Crippen LogP contribution in [0.25, 0.3) is 0 Å². The molecule has 1 unspecified atom stereocenters. The van der Waals surface area contributed by atoms with E-state index in [1.807, 2.05) is 6.92 Å². The minimum Gasteiger partial charge on any atom is -0.375 e. The summed E-state index contributed by atoms with van der Waals surface area (Å²) in [5.74, 6) is 0.00551. The van der Waals surface area contributed by atoms with E-state index in [-0.39, 0.29) is 49.3 Å². The predicted molar refractivity (Wildman–Crippen MR) is 74.3 cm³/mol. The average molecular weight is 313 g/mol. The first-order chi connectivity index (χ1) is 8.42. The molecule has 0 radical (unpaired) electrons. The highest BCUT2D eigenvalue weighted by molar-refractivity contribution is 7.92. The Hall–Kier alpha value is -0.370. The summed E-state index contributed by atoms with van der Waals surface area (Å²) in [4.78, 5) is 13.9. The van der Waals surface area contributed by atoms with Crippen molar-refractivity contribution in [3.63, 3.8) is 0 Å². The summed E-state index contributed by atoms with van der Waals surface area (Å²) in [6, 6.07) is -0.355. The number of halogens is 1. The van der Waals surface area contributed by atoms with Gasteiger partial charge in [0.05, 0.1) is 23.7 Å². The van der Waals surface area contributed by atoms with Crippen LogP contribution in [0.1, 0.15) is 13.8 Å². The van der Waals surface area contributed by atoms with Crippen molar-refractivity contribution in [1.82, 2.24) is 10.2 Å². The molecule has 1 amide bonds. The number of morpholine rings is 1. The van der Waals surface area contributed by atoms with Gasteiger partial charge in [0, 0.05) is 19.6 Å². The molecule has 0 aromatic carbocycles. The number of nitrogens with zero attached hydrogens (tertiary/aromatic N) is 1. The standard InChI is InChI=1S/C11H20N2O4S.ClH/c1-8-7-13(4-6-18(8,15)16)11(14)10-9(2)17-5-3-12-10;/h8-10,12H,3-7H2,1-2H3;1H/t8?,9-,10+;/m1./s1. The molecular formula is C11H21ClN2O4S. The van der Waals surface area contributed by atoms with Crippen molar-refractivity contribution in [3.8, 4) is 0 Å². The van der Waals surface area contributed by atoms with Crippen molar-refractivity contribution in [2.75, 3.05) is 32.0 Å². The number of rotatable bonds is 1. The third kappa shape index (κ3) is 3.59. The third-order valence-corrected chi connectivity index (χ3v) is 5.76. The number of hydrogen-bond donors (Lipinski definition) is 1. The lowest BCUT2D eigenvalue weighted by atomic mass is 10.1. The number of amides is 1. The first kappa shape index (κ1) is 16.7. The average Bonchev–Trinajstić information content (AvgIpc) is 2.32. The van der Waals surface area contributed by atoms with Crippen molar-refractivity contribution in [1.29, 1.82) is 0 Å². The maximum Gasteiger partial charge on any atom is 0.242 e. The monoisotopic (exact) mass is 312 g/mol. The lowest BCUT2D eigenvalue weighted by Gasteiger charge is -2.37. The molecule has 2 rings (SSSR count). The van der Waals surface area contributed by atoms with Crippen LogP contribution in [0.3, 0.4) is 0 Å². The first-order valence-corrected chi connectivity index (χ1v) is 7.98. The van der Waals surface area contributed by atoms with Gasteiger partial charge in [0.2, 0.25) is 5.91 Å². The van der Waals surface area contributed by atoms with Crippen molar-refractivity contribution in [2.45, 2.75) is 31.2 Å². The molecule has 0 spiro atoms. The zero-order valence-electron chi connectivity index (χ0n) is 11.2. The summed E-state index contributed by atoms with van der Waals surface area (Å²) in [5.41, 5.74) is 0. The molecule has 2 aliphatic rings. The smallest absolute Gasteiger partial charge is 0.242 e. The van der Waals surface area contributed by atoms with Gasteiger partial charge in [-0.2, -0.15) is 0 Å². The summed E-state index contributed by atoms with van der Waals surface area (Å²) >= 11 is 0. The van der Waals surface area contributed by atoms with Crippen LogP contribution >= 0.6 is 12.4 Å². The van der Waals surface area contributed by atoms with E-state index in [4.69, 9.17) is 4.74 Å². The van der Waals surface area contributed by atoms with Gasteiger partial charge in [-0.25, -0.2) is 8.42 Å². The summed E-state index contributed by atoms with van der Waals surface area (Å²) in [5, 5.41) is 2.66. The summed E-state index contributed by atoms with van der Waals surface area (Å²) in [7, 11) is -3.02. The molecule has 0 aromatic heterocycles. The Morgan fingerprint density at radius 2 is 2.05 bits per heavy atom. The van der Waals surface area contributed by atoms with Gasteiger partial charge in [-0.15, -0.1) is 12.4 Å². The van der Waals surface area contributed by atoms with Crippen molar-refractivity contribution < 1.29 is 17.9 Å². The van der Waals surface area contributed by atoms with Crippen LogP contribution < -0.4 is 5.32 Å². The highest BCUT2D eigenvalue weighted by Crippen LogP contribution is 2.15. The molecule has 2 saturated heterocycles. The molecule has 19 heavy (non-hydrogen) atoms. The van der Waals surface area contributed by atoms with Gasteiger partial charge in [-0.05, 0) is 13.8 Å². The van der Waals surface area contributed by atoms with Gasteiger partial charge < -0.3 is 15.0 Å². The van der Waals surface area contributed by atoms with Crippen LogP contribution in [0.2, 0.25) is 0 Å². The van der Waals surface area contributed by atoms with Crippen LogP contribution in [0.15, 0.2) is 0 Å². The lowest BCUT2D eigenvalue weighted by Crippen LogP contribution is -2.59. The molecule has 8 heteroatoms. The Balaban J connectivity index is 0.00000180. The van der Waals surface area contributed by atoms with Gasteiger partial charge in [0.25, 0.3) is 0 Å². The minimum atomic E-state index is -3.02. The van der Waals surface area contributed by atoms with E-state index in [1.54, 1.807) is 11.8 Å². The Kier molecular flexibility index (Phi) is 5.61. The molecule has 2 heterocycles. The Morgan fingerprint density at radius 3 is 2.63 bits per heavy atom. The zero-order valence-corrected chi connectivity index (χ0v) is 12.8. The fraction of sp³-hybridized carbons (Fsp3) is 0.909. The lowest BCUT2D eigenvalue weighted by molar-refractivity contribution is -0.139. The van der Waals surface area contributed by atoms with E-state index < -0.39 is 15.1 Å². The van der Waals surface area contributed by atoms with E-state index in [1.165, 1.54) is 0 Å². The van der Waals surface area contributed by atoms with Gasteiger partial charge in [0.15, 0.2) is 9.84 Å². The third-order valence-electron chi connectivity index (χ3n) is 3.63. The molecule has 0 saturated carbocycles. The van der Waals surface area contributed by atoms with Gasteiger partial charge in [-0.3, -0.25) is 4.79 Å². The number of carbonyl (C=O) groups is 1. The first-order valence-electron chi connectivity index (χ1n) is 6.27. The normalized spacial score (nSPS) is 34.4. The number of sulfone groups is 1. The van der Waals surface area contributed by atoms with Crippen molar-refractivity contribution >= 4 is 28.2 Å². The molecular weight excluding hydrogens is 292 g/mol. The number of nitrogens with one attached hydrogen (secondary N) is 1. The number of hydrogen-bond acceptors (Lipinski definition) is 5. The Bertz CT molecular complexity index is 428. The topological polar surface area (TPSA) is 75.7 Å². The number of ether oxygens (including phenoxy) is 1. The van der Waals surface area contributed by atoms with Crippen LogP contribution in [0.4, 0.5) is 0 Å². The summed E-state index contributed by atoms with van der Waals surface area (Å²) in [6.45, 7) is 5.35. The molecule has 0 aromatic rings. The second-order valence-electron chi connectivity index (χ2n) is 4.97. The van der Waals surface area contributed by atoms with Crippen LogP contribution in [-0.4, -0.2) is 68.6 Å². The summed E-state index contributed by atoms with van der Waals surface area (Å²) in [6.07, 6.45) is -0.167. The van der Waals surface area contributed by atoms with Crippen molar-refractivity contribution in [2.24, 2.45) is 0 Å². The SMILES string of the molecule is CC1CN(C(=O)[C@H]2NCCO[C@@H]2C)CCS1(=O)=O.Cl. The fourth-order valence-electron chi connectivity index (χ4n) is 2.36. The van der Waals surface area contributed by atoms with Gasteiger partial charge in [0.1, 0.15) is 6.04 Å². The maximum absolute atomic E-state index is 12.3. The van der Waals surface area contributed by atoms with E-state index >= 15 is 0 Å². The van der Waals surface area contributed by atoms with E-state index in [0.717, 1.165) is 0 Å². The van der Waals surface area contributed by atoms with E-state index in [0.29, 0.717) is 13.2 Å². The second-order valence-corrected chi connectivity index (χ2v) is 7.51. The molecule has 6 nitrogen and oxygen atoms in total. The van der Waals surface area contributed by atoms with Gasteiger partial charge >= 0.3 is 0 Å². The Labute approximate surface area is 120 Å². The quantitative estimate of drug-likeness (QED) is 0.702. The molecule has 2 aliphatic heterocycles. The van der Waals surface area contributed by atoms with Gasteiger partial charge in [-0.1, -0.05) is 0 Å². The molecule has 0 aliphatic carbocycles. The fourth-order valence-corrected chi connectivity index (χ4v) is 3.64. The van der Waals surface area contributed by atoms with Crippen molar-refractivity contribution in [3.05, 3.63) is 0 Å². The molecule has 1 N–H and O–H groups in total. The second kappa shape index (κ2) is 6.39. The maximum atomic E-state index is 12.3. The van der Waals surface area contributed by atoms with Crippen LogP contribution in [-0.2, 0) is 19.4 Å². The molecule has 0 bridgehead atoms. The van der Waals surface area contributed by atoms with E-state index in [9.17, 15) is 13.2 Å². The highest BCUT2D eigenvalue weighted by atomic mass is 35.5. The van der Waals surface area contributed by atoms with Crippen LogP contribution in [0, 0.1) is 0 Å². The largest absolute Gasteiger partial charge is 0.375 e. The molecule has 112 valence electrons. The number of carbonyl (C=O) groups excluding carboxylic acids is 1. The Morgan fingerprint density at radius 1 is 1.37 bits per heavy atom.